The summed E-state index contributed by atoms with van der Waals surface area (Å²) in [4.78, 5) is 10.5. The second-order valence-electron chi connectivity index (χ2n) is 3.67. The average Bonchev–Trinajstić information content (AvgIpc) is 2.02. The highest BCUT2D eigenvalue weighted by Crippen LogP contribution is 2.06. The number of carbonyl (C=O) groups excluding carboxylic acids is 1. The number of ether oxygens (including phenoxy) is 1. The standard InChI is InChI=1S/C12H20O2.CH4/c1-10(2)6-5-7-11(3)8-9-14-12(4)13;/h6,8H,5,7,9H2,1-4H3;1H4/b11-8+;. The minimum absolute atomic E-state index is 0. The Hall–Kier alpha value is -1.05. The largest absolute Gasteiger partial charge is 0.462 e. The molecule has 0 heterocycles. The lowest BCUT2D eigenvalue weighted by Gasteiger charge is -2.00. The molecule has 0 radical (unpaired) electrons. The number of hydrogen-bond acceptors (Lipinski definition) is 2. The maximum atomic E-state index is 10.5. The maximum Gasteiger partial charge on any atom is 0.302 e. The molecular formula is C13H24O2. The van der Waals surface area contributed by atoms with Crippen LogP contribution in [0.3, 0.4) is 0 Å². The molecule has 0 aliphatic heterocycles. The second-order valence-corrected chi connectivity index (χ2v) is 3.67. The van der Waals surface area contributed by atoms with Gasteiger partial charge in [-0.05, 0) is 39.7 Å². The first-order valence-electron chi connectivity index (χ1n) is 4.94. The molecular weight excluding hydrogens is 188 g/mol. The third kappa shape index (κ3) is 12.9. The summed E-state index contributed by atoms with van der Waals surface area (Å²) in [5, 5.41) is 0. The zero-order valence-corrected chi connectivity index (χ0v) is 9.59. The van der Waals surface area contributed by atoms with Crippen LogP contribution in [0, 0.1) is 0 Å². The van der Waals surface area contributed by atoms with Gasteiger partial charge in [-0.15, -0.1) is 0 Å². The van der Waals surface area contributed by atoms with Crippen molar-refractivity contribution in [2.75, 3.05) is 6.61 Å². The van der Waals surface area contributed by atoms with E-state index in [1.54, 1.807) is 0 Å². The number of hydrogen-bond donors (Lipinski definition) is 0. The summed E-state index contributed by atoms with van der Waals surface area (Å²) in [5.74, 6) is -0.224. The number of carbonyl (C=O) groups is 1. The quantitative estimate of drug-likeness (QED) is 0.510. The normalized spacial score (nSPS) is 10.3. The van der Waals surface area contributed by atoms with Crippen LogP contribution in [0.25, 0.3) is 0 Å². The minimum Gasteiger partial charge on any atom is -0.462 e. The van der Waals surface area contributed by atoms with Crippen molar-refractivity contribution in [3.63, 3.8) is 0 Å². The van der Waals surface area contributed by atoms with Crippen LogP contribution in [0.1, 0.15) is 48.0 Å². The van der Waals surface area contributed by atoms with Crippen molar-refractivity contribution in [3.05, 3.63) is 23.3 Å². The molecule has 0 rings (SSSR count). The van der Waals surface area contributed by atoms with E-state index in [4.69, 9.17) is 4.74 Å². The molecule has 0 aromatic rings. The van der Waals surface area contributed by atoms with Gasteiger partial charge in [-0.1, -0.05) is 24.6 Å². The lowest BCUT2D eigenvalue weighted by molar-refractivity contribution is -0.139. The summed E-state index contributed by atoms with van der Waals surface area (Å²) in [6, 6.07) is 0. The van der Waals surface area contributed by atoms with Gasteiger partial charge < -0.3 is 4.74 Å². The summed E-state index contributed by atoms with van der Waals surface area (Å²) in [6.07, 6.45) is 6.26. The summed E-state index contributed by atoms with van der Waals surface area (Å²) in [6.45, 7) is 8.07. The number of rotatable bonds is 5. The van der Waals surface area contributed by atoms with E-state index in [2.05, 4.69) is 26.8 Å². The molecule has 0 atom stereocenters. The van der Waals surface area contributed by atoms with Crippen molar-refractivity contribution >= 4 is 5.97 Å². The van der Waals surface area contributed by atoms with Gasteiger partial charge >= 0.3 is 5.97 Å². The Morgan fingerprint density at radius 3 is 2.20 bits per heavy atom. The van der Waals surface area contributed by atoms with E-state index in [0.717, 1.165) is 12.8 Å². The smallest absolute Gasteiger partial charge is 0.302 e. The molecule has 0 aliphatic rings. The summed E-state index contributed by atoms with van der Waals surface area (Å²) in [5.41, 5.74) is 2.61. The van der Waals surface area contributed by atoms with E-state index in [1.807, 2.05) is 6.08 Å². The Kier molecular flexibility index (Phi) is 10.4. The molecule has 0 spiro atoms. The molecule has 15 heavy (non-hydrogen) atoms. The lowest BCUT2D eigenvalue weighted by atomic mass is 10.1. The van der Waals surface area contributed by atoms with Gasteiger partial charge in [-0.25, -0.2) is 0 Å². The van der Waals surface area contributed by atoms with Gasteiger partial charge in [0.25, 0.3) is 0 Å². The summed E-state index contributed by atoms with van der Waals surface area (Å²) in [7, 11) is 0. The maximum absolute atomic E-state index is 10.5. The Morgan fingerprint density at radius 2 is 1.73 bits per heavy atom. The molecule has 0 amide bonds. The highest BCUT2D eigenvalue weighted by molar-refractivity contribution is 5.66. The van der Waals surface area contributed by atoms with Crippen molar-refractivity contribution in [3.8, 4) is 0 Å². The van der Waals surface area contributed by atoms with Crippen LogP contribution < -0.4 is 0 Å². The topological polar surface area (TPSA) is 26.3 Å². The Morgan fingerprint density at radius 1 is 1.13 bits per heavy atom. The third-order valence-corrected chi connectivity index (χ3v) is 1.81. The SMILES string of the molecule is C.CC(=O)OC/C=C(\C)CCC=C(C)C. The van der Waals surface area contributed by atoms with Crippen molar-refractivity contribution in [2.24, 2.45) is 0 Å². The van der Waals surface area contributed by atoms with Crippen molar-refractivity contribution in [2.45, 2.75) is 48.0 Å². The molecule has 0 aliphatic carbocycles. The first kappa shape index (κ1) is 16.4. The molecule has 2 nitrogen and oxygen atoms in total. The van der Waals surface area contributed by atoms with Crippen LogP contribution >= 0.6 is 0 Å². The number of esters is 1. The van der Waals surface area contributed by atoms with Crippen LogP contribution in [-0.4, -0.2) is 12.6 Å². The van der Waals surface area contributed by atoms with Gasteiger partial charge in [0.2, 0.25) is 0 Å². The van der Waals surface area contributed by atoms with E-state index < -0.39 is 0 Å². The van der Waals surface area contributed by atoms with E-state index in [-0.39, 0.29) is 13.4 Å². The fourth-order valence-corrected chi connectivity index (χ4v) is 0.992. The Balaban J connectivity index is 0. The fourth-order valence-electron chi connectivity index (χ4n) is 0.992. The van der Waals surface area contributed by atoms with Crippen molar-refractivity contribution in [1.82, 2.24) is 0 Å². The Labute approximate surface area is 94.0 Å². The van der Waals surface area contributed by atoms with E-state index in [0.29, 0.717) is 6.61 Å². The molecule has 0 saturated carbocycles. The zero-order valence-electron chi connectivity index (χ0n) is 9.59. The molecule has 0 aromatic heterocycles. The van der Waals surface area contributed by atoms with Crippen LogP contribution in [0.4, 0.5) is 0 Å². The van der Waals surface area contributed by atoms with Crippen LogP contribution in [-0.2, 0) is 9.53 Å². The first-order valence-corrected chi connectivity index (χ1v) is 4.94. The lowest BCUT2D eigenvalue weighted by Crippen LogP contribution is -1.98. The van der Waals surface area contributed by atoms with E-state index >= 15 is 0 Å². The average molecular weight is 212 g/mol. The van der Waals surface area contributed by atoms with Crippen LogP contribution in [0.15, 0.2) is 23.3 Å². The van der Waals surface area contributed by atoms with Crippen molar-refractivity contribution in [1.29, 1.82) is 0 Å². The van der Waals surface area contributed by atoms with Crippen LogP contribution in [0.5, 0.6) is 0 Å². The van der Waals surface area contributed by atoms with Gasteiger partial charge in [0.1, 0.15) is 6.61 Å². The van der Waals surface area contributed by atoms with Gasteiger partial charge in [0.05, 0.1) is 0 Å². The molecule has 88 valence electrons. The van der Waals surface area contributed by atoms with E-state index in [1.165, 1.54) is 18.1 Å². The highest BCUT2D eigenvalue weighted by Gasteiger charge is 1.91. The molecule has 0 unspecified atom stereocenters. The molecule has 0 bridgehead atoms. The summed E-state index contributed by atoms with van der Waals surface area (Å²) >= 11 is 0. The van der Waals surface area contributed by atoms with Crippen LogP contribution in [0.2, 0.25) is 0 Å². The summed E-state index contributed by atoms with van der Waals surface area (Å²) < 4.78 is 4.81. The monoisotopic (exact) mass is 212 g/mol. The first-order chi connectivity index (χ1) is 6.52. The minimum atomic E-state index is -0.224. The van der Waals surface area contributed by atoms with Gasteiger partial charge in [-0.2, -0.15) is 0 Å². The second kappa shape index (κ2) is 9.50. The Bertz CT molecular complexity index is 233. The predicted octanol–water partition coefficient (Wildman–Crippen LogP) is 3.88. The molecule has 2 heteroatoms. The molecule has 0 aromatic carbocycles. The zero-order chi connectivity index (χ0) is 11.0. The molecule has 0 saturated heterocycles. The van der Waals surface area contributed by atoms with Gasteiger partial charge in [-0.3, -0.25) is 4.79 Å². The predicted molar refractivity (Wildman–Crippen MR) is 65.8 cm³/mol. The highest BCUT2D eigenvalue weighted by atomic mass is 16.5. The fraction of sp³-hybridized carbons (Fsp3) is 0.615. The third-order valence-electron chi connectivity index (χ3n) is 1.81. The van der Waals surface area contributed by atoms with E-state index in [9.17, 15) is 4.79 Å². The van der Waals surface area contributed by atoms with Gasteiger partial charge in [0.15, 0.2) is 0 Å². The molecule has 0 fully saturated rings. The van der Waals surface area contributed by atoms with Crippen molar-refractivity contribution < 1.29 is 9.53 Å². The molecule has 0 N–H and O–H groups in total. The van der Waals surface area contributed by atoms with Gasteiger partial charge in [0, 0.05) is 6.92 Å². The number of allylic oxidation sites excluding steroid dienone is 3.